The Bertz CT molecular complexity index is 667. The van der Waals surface area contributed by atoms with E-state index < -0.39 is 5.97 Å². The maximum absolute atomic E-state index is 11.0. The summed E-state index contributed by atoms with van der Waals surface area (Å²) in [5, 5.41) is 9.04. The summed E-state index contributed by atoms with van der Waals surface area (Å²) in [6.07, 6.45) is 4.66. The number of aromatic nitrogens is 2. The second-order valence-corrected chi connectivity index (χ2v) is 5.18. The van der Waals surface area contributed by atoms with Crippen LogP contribution in [-0.4, -0.2) is 21.0 Å². The quantitative estimate of drug-likeness (QED) is 0.909. The van der Waals surface area contributed by atoms with Crippen molar-refractivity contribution >= 4 is 5.97 Å². The molecule has 2 aromatic rings. The van der Waals surface area contributed by atoms with E-state index in [0.29, 0.717) is 5.69 Å². The highest BCUT2D eigenvalue weighted by Gasteiger charge is 2.24. The Labute approximate surface area is 117 Å². The lowest BCUT2D eigenvalue weighted by atomic mass is 9.82. The molecule has 1 atom stereocenters. The number of rotatable bonds is 2. The van der Waals surface area contributed by atoms with Crippen molar-refractivity contribution in [3.63, 3.8) is 0 Å². The highest BCUT2D eigenvalue weighted by Crippen LogP contribution is 2.34. The Balaban J connectivity index is 2.03. The molecule has 3 rings (SSSR count). The average Bonchev–Trinajstić information content (AvgIpc) is 2.46. The van der Waals surface area contributed by atoms with Crippen LogP contribution in [0.2, 0.25) is 0 Å². The molecule has 0 fully saturated rings. The Hall–Kier alpha value is -2.23. The van der Waals surface area contributed by atoms with Crippen molar-refractivity contribution in [1.82, 2.24) is 9.97 Å². The normalized spacial score (nSPS) is 17.6. The van der Waals surface area contributed by atoms with Crippen LogP contribution < -0.4 is 0 Å². The summed E-state index contributed by atoms with van der Waals surface area (Å²) in [6.45, 7) is 1.73. The molecule has 1 aromatic heterocycles. The maximum atomic E-state index is 11.0. The molecule has 1 unspecified atom stereocenters. The SMILES string of the molecule is Cc1nc(C2CCCc3ccccc32)ncc1C(=O)O. The molecule has 102 valence electrons. The predicted molar refractivity (Wildman–Crippen MR) is 75.0 cm³/mol. The molecule has 20 heavy (non-hydrogen) atoms. The van der Waals surface area contributed by atoms with Gasteiger partial charge in [0.15, 0.2) is 0 Å². The lowest BCUT2D eigenvalue weighted by molar-refractivity contribution is 0.0695. The van der Waals surface area contributed by atoms with Crippen molar-refractivity contribution in [2.24, 2.45) is 0 Å². The summed E-state index contributed by atoms with van der Waals surface area (Å²) >= 11 is 0. The molecule has 0 amide bonds. The van der Waals surface area contributed by atoms with Gasteiger partial charge in [-0.3, -0.25) is 0 Å². The molecule has 4 heteroatoms. The lowest BCUT2D eigenvalue weighted by Gasteiger charge is -2.24. The minimum absolute atomic E-state index is 0.179. The smallest absolute Gasteiger partial charge is 0.339 e. The molecule has 1 heterocycles. The molecule has 0 saturated carbocycles. The molecule has 0 bridgehead atoms. The van der Waals surface area contributed by atoms with Crippen molar-refractivity contribution < 1.29 is 9.90 Å². The average molecular weight is 268 g/mol. The van der Waals surface area contributed by atoms with Crippen molar-refractivity contribution in [3.8, 4) is 0 Å². The van der Waals surface area contributed by atoms with Gasteiger partial charge in [-0.05, 0) is 37.3 Å². The zero-order valence-electron chi connectivity index (χ0n) is 11.3. The van der Waals surface area contributed by atoms with Crippen LogP contribution in [0.25, 0.3) is 0 Å². The number of nitrogens with zero attached hydrogens (tertiary/aromatic N) is 2. The van der Waals surface area contributed by atoms with E-state index in [2.05, 4.69) is 28.2 Å². The second-order valence-electron chi connectivity index (χ2n) is 5.18. The zero-order chi connectivity index (χ0) is 14.1. The van der Waals surface area contributed by atoms with Crippen LogP contribution in [0.1, 0.15) is 51.8 Å². The number of hydrogen-bond acceptors (Lipinski definition) is 3. The first kappa shape index (κ1) is 12.8. The van der Waals surface area contributed by atoms with Gasteiger partial charge < -0.3 is 5.11 Å². The van der Waals surface area contributed by atoms with Crippen molar-refractivity contribution in [2.75, 3.05) is 0 Å². The number of benzene rings is 1. The number of hydrogen-bond donors (Lipinski definition) is 1. The van der Waals surface area contributed by atoms with Crippen LogP contribution in [0.15, 0.2) is 30.5 Å². The Morgan fingerprint density at radius 1 is 1.35 bits per heavy atom. The first-order valence-electron chi connectivity index (χ1n) is 6.81. The number of carbonyl (C=O) groups is 1. The van der Waals surface area contributed by atoms with Gasteiger partial charge in [0.1, 0.15) is 5.82 Å². The molecule has 1 N–H and O–H groups in total. The molecule has 1 aromatic carbocycles. The molecular weight excluding hydrogens is 252 g/mol. The molecule has 0 spiro atoms. The lowest BCUT2D eigenvalue weighted by Crippen LogP contribution is -2.15. The van der Waals surface area contributed by atoms with Crippen molar-refractivity contribution in [1.29, 1.82) is 0 Å². The van der Waals surface area contributed by atoms with E-state index in [4.69, 9.17) is 5.11 Å². The van der Waals surface area contributed by atoms with Crippen LogP contribution in [-0.2, 0) is 6.42 Å². The van der Waals surface area contributed by atoms with Gasteiger partial charge in [0, 0.05) is 12.1 Å². The third-order valence-electron chi connectivity index (χ3n) is 3.91. The van der Waals surface area contributed by atoms with E-state index in [9.17, 15) is 4.79 Å². The van der Waals surface area contributed by atoms with Crippen LogP contribution >= 0.6 is 0 Å². The van der Waals surface area contributed by atoms with E-state index in [-0.39, 0.29) is 11.5 Å². The number of fused-ring (bicyclic) bond motifs is 1. The predicted octanol–water partition coefficient (Wildman–Crippen LogP) is 2.95. The van der Waals surface area contributed by atoms with Gasteiger partial charge in [-0.25, -0.2) is 14.8 Å². The molecule has 1 aliphatic carbocycles. The summed E-state index contributed by atoms with van der Waals surface area (Å²) in [4.78, 5) is 19.7. The zero-order valence-corrected chi connectivity index (χ0v) is 11.3. The van der Waals surface area contributed by atoms with E-state index in [1.54, 1.807) is 6.92 Å². The fraction of sp³-hybridized carbons (Fsp3) is 0.312. The van der Waals surface area contributed by atoms with E-state index in [1.165, 1.54) is 17.3 Å². The number of aromatic carboxylic acids is 1. The molecule has 4 nitrogen and oxygen atoms in total. The summed E-state index contributed by atoms with van der Waals surface area (Å²) in [5.74, 6) is -0.0563. The van der Waals surface area contributed by atoms with Crippen molar-refractivity contribution in [3.05, 3.63) is 58.7 Å². The summed E-state index contributed by atoms with van der Waals surface area (Å²) < 4.78 is 0. The summed E-state index contributed by atoms with van der Waals surface area (Å²) in [5.41, 5.74) is 3.34. The van der Waals surface area contributed by atoms with Crippen LogP contribution in [0.3, 0.4) is 0 Å². The van der Waals surface area contributed by atoms with Gasteiger partial charge in [0.05, 0.1) is 11.3 Å². The van der Waals surface area contributed by atoms with E-state index in [1.807, 2.05) is 6.07 Å². The van der Waals surface area contributed by atoms with Crippen LogP contribution in [0.4, 0.5) is 0 Å². The van der Waals surface area contributed by atoms with Gasteiger partial charge in [-0.15, -0.1) is 0 Å². The fourth-order valence-corrected chi connectivity index (χ4v) is 2.89. The largest absolute Gasteiger partial charge is 0.478 e. The fourth-order valence-electron chi connectivity index (χ4n) is 2.89. The molecule has 0 aliphatic heterocycles. The number of carboxylic acids is 1. The maximum Gasteiger partial charge on any atom is 0.339 e. The third-order valence-corrected chi connectivity index (χ3v) is 3.91. The van der Waals surface area contributed by atoms with Gasteiger partial charge in [0.25, 0.3) is 0 Å². The van der Waals surface area contributed by atoms with Crippen LogP contribution in [0, 0.1) is 6.92 Å². The standard InChI is InChI=1S/C16H16N2O2/c1-10-14(16(19)20)9-17-15(18-10)13-8-4-6-11-5-2-3-7-12(11)13/h2-3,5,7,9,13H,4,6,8H2,1H3,(H,19,20). The Kier molecular flexibility index (Phi) is 3.22. The molecular formula is C16H16N2O2. The minimum Gasteiger partial charge on any atom is -0.478 e. The third kappa shape index (κ3) is 2.18. The van der Waals surface area contributed by atoms with E-state index >= 15 is 0 Å². The van der Waals surface area contributed by atoms with Crippen molar-refractivity contribution in [2.45, 2.75) is 32.1 Å². The van der Waals surface area contributed by atoms with Crippen LogP contribution in [0.5, 0.6) is 0 Å². The highest BCUT2D eigenvalue weighted by atomic mass is 16.4. The minimum atomic E-state index is -0.974. The van der Waals surface area contributed by atoms with Gasteiger partial charge in [-0.1, -0.05) is 24.3 Å². The summed E-state index contributed by atoms with van der Waals surface area (Å²) in [7, 11) is 0. The molecule has 0 radical (unpaired) electrons. The highest BCUT2D eigenvalue weighted by molar-refractivity contribution is 5.88. The monoisotopic (exact) mass is 268 g/mol. The van der Waals surface area contributed by atoms with E-state index in [0.717, 1.165) is 25.1 Å². The Morgan fingerprint density at radius 3 is 2.90 bits per heavy atom. The first-order valence-corrected chi connectivity index (χ1v) is 6.81. The van der Waals surface area contributed by atoms with Gasteiger partial charge >= 0.3 is 5.97 Å². The number of carboxylic acid groups (broad SMARTS) is 1. The van der Waals surface area contributed by atoms with Gasteiger partial charge in [0.2, 0.25) is 0 Å². The summed E-state index contributed by atoms with van der Waals surface area (Å²) in [6, 6.07) is 8.37. The Morgan fingerprint density at radius 2 is 2.15 bits per heavy atom. The topological polar surface area (TPSA) is 63.1 Å². The first-order chi connectivity index (χ1) is 9.66. The molecule has 0 saturated heterocycles. The molecule has 1 aliphatic rings. The van der Waals surface area contributed by atoms with Gasteiger partial charge in [-0.2, -0.15) is 0 Å². The number of aryl methyl sites for hydroxylation is 2. The second kappa shape index (κ2) is 5.04.